The minimum absolute atomic E-state index is 0.213. The van der Waals surface area contributed by atoms with Crippen molar-refractivity contribution in [3.05, 3.63) is 29.8 Å². The molecule has 0 saturated heterocycles. The van der Waals surface area contributed by atoms with Crippen LogP contribution < -0.4 is 4.74 Å². The fraction of sp³-hybridized carbons (Fsp3) is 0.533. The van der Waals surface area contributed by atoms with Gasteiger partial charge in [-0.25, -0.2) is 0 Å². The number of ether oxygens (including phenoxy) is 1. The molecule has 0 N–H and O–H groups in total. The molecular formula is C15H23NO2. The summed E-state index contributed by atoms with van der Waals surface area (Å²) >= 11 is 0. The van der Waals surface area contributed by atoms with Crippen LogP contribution in [0.1, 0.15) is 37.0 Å². The van der Waals surface area contributed by atoms with Gasteiger partial charge in [-0.05, 0) is 50.3 Å². The zero-order valence-corrected chi connectivity index (χ0v) is 11.6. The molecule has 0 radical (unpaired) electrons. The number of methoxy groups -OCH3 is 1. The monoisotopic (exact) mass is 249 g/mol. The molecule has 0 amide bonds. The molecule has 3 nitrogen and oxygen atoms in total. The van der Waals surface area contributed by atoms with Crippen LogP contribution in [0.3, 0.4) is 0 Å². The third kappa shape index (κ3) is 4.49. The number of ketones is 1. The summed E-state index contributed by atoms with van der Waals surface area (Å²) in [7, 11) is 1.63. The maximum atomic E-state index is 11.9. The van der Waals surface area contributed by atoms with Gasteiger partial charge < -0.3 is 9.64 Å². The van der Waals surface area contributed by atoms with Gasteiger partial charge in [-0.3, -0.25) is 4.79 Å². The van der Waals surface area contributed by atoms with Gasteiger partial charge in [0.15, 0.2) is 5.78 Å². The van der Waals surface area contributed by atoms with E-state index in [0.717, 1.165) is 37.4 Å². The second-order valence-electron chi connectivity index (χ2n) is 4.28. The number of hydrogen-bond donors (Lipinski definition) is 0. The average Bonchev–Trinajstić information content (AvgIpc) is 2.43. The van der Waals surface area contributed by atoms with Gasteiger partial charge in [0.1, 0.15) is 5.75 Å². The van der Waals surface area contributed by atoms with E-state index >= 15 is 0 Å². The first kappa shape index (κ1) is 14.7. The van der Waals surface area contributed by atoms with Crippen LogP contribution in [0.15, 0.2) is 24.3 Å². The Morgan fingerprint density at radius 3 is 2.28 bits per heavy atom. The van der Waals surface area contributed by atoms with Crippen LogP contribution in [0, 0.1) is 0 Å². The number of Topliss-reactive ketones (excluding diaryl/α,β-unsaturated/α-hetero) is 1. The van der Waals surface area contributed by atoms with Crippen molar-refractivity contribution in [3.63, 3.8) is 0 Å². The first-order valence-corrected chi connectivity index (χ1v) is 6.60. The molecule has 0 atom stereocenters. The van der Waals surface area contributed by atoms with E-state index in [1.807, 2.05) is 24.3 Å². The lowest BCUT2D eigenvalue weighted by atomic mass is 10.1. The second kappa shape index (κ2) is 7.88. The van der Waals surface area contributed by atoms with Crippen molar-refractivity contribution in [2.45, 2.75) is 26.7 Å². The van der Waals surface area contributed by atoms with Crippen molar-refractivity contribution in [1.82, 2.24) is 4.90 Å². The highest BCUT2D eigenvalue weighted by Gasteiger charge is 2.07. The normalized spacial score (nSPS) is 10.7. The molecule has 0 saturated carbocycles. The van der Waals surface area contributed by atoms with Gasteiger partial charge in [0.25, 0.3) is 0 Å². The van der Waals surface area contributed by atoms with E-state index in [-0.39, 0.29) is 5.78 Å². The quantitative estimate of drug-likeness (QED) is 0.663. The zero-order valence-electron chi connectivity index (χ0n) is 11.6. The molecule has 100 valence electrons. The Labute approximate surface area is 110 Å². The Morgan fingerprint density at radius 2 is 1.78 bits per heavy atom. The van der Waals surface area contributed by atoms with Gasteiger partial charge >= 0.3 is 0 Å². The zero-order chi connectivity index (χ0) is 13.4. The molecule has 0 spiro atoms. The fourth-order valence-corrected chi connectivity index (χ4v) is 1.92. The number of benzene rings is 1. The van der Waals surface area contributed by atoms with Crippen LogP contribution in [-0.4, -0.2) is 37.4 Å². The lowest BCUT2D eigenvalue weighted by Crippen LogP contribution is -2.24. The summed E-state index contributed by atoms with van der Waals surface area (Å²) in [6, 6.07) is 7.33. The van der Waals surface area contributed by atoms with E-state index in [1.54, 1.807) is 7.11 Å². The summed E-state index contributed by atoms with van der Waals surface area (Å²) in [6.07, 6.45) is 1.54. The van der Waals surface area contributed by atoms with E-state index in [9.17, 15) is 4.79 Å². The van der Waals surface area contributed by atoms with Gasteiger partial charge in [0, 0.05) is 12.0 Å². The number of carbonyl (C=O) groups is 1. The first-order valence-electron chi connectivity index (χ1n) is 6.60. The molecule has 0 aliphatic heterocycles. The highest BCUT2D eigenvalue weighted by molar-refractivity contribution is 5.96. The Balaban J connectivity index is 2.40. The topological polar surface area (TPSA) is 29.5 Å². The van der Waals surface area contributed by atoms with E-state index in [2.05, 4.69) is 18.7 Å². The number of hydrogen-bond acceptors (Lipinski definition) is 3. The third-order valence-electron chi connectivity index (χ3n) is 3.18. The Morgan fingerprint density at radius 1 is 1.17 bits per heavy atom. The van der Waals surface area contributed by atoms with Gasteiger partial charge in [0.2, 0.25) is 0 Å². The van der Waals surface area contributed by atoms with Crippen molar-refractivity contribution in [1.29, 1.82) is 0 Å². The van der Waals surface area contributed by atoms with Gasteiger partial charge in [-0.15, -0.1) is 0 Å². The summed E-state index contributed by atoms with van der Waals surface area (Å²) in [5.74, 6) is 1.000. The molecule has 1 aromatic carbocycles. The molecule has 0 fully saturated rings. The molecular weight excluding hydrogens is 226 g/mol. The Kier molecular flexibility index (Phi) is 6.44. The fourth-order valence-electron chi connectivity index (χ4n) is 1.92. The smallest absolute Gasteiger partial charge is 0.162 e. The summed E-state index contributed by atoms with van der Waals surface area (Å²) < 4.78 is 5.07. The molecule has 0 bridgehead atoms. The molecule has 0 aromatic heterocycles. The van der Waals surface area contributed by atoms with Crippen molar-refractivity contribution in [3.8, 4) is 5.75 Å². The largest absolute Gasteiger partial charge is 0.497 e. The van der Waals surface area contributed by atoms with Crippen LogP contribution in [-0.2, 0) is 0 Å². The lowest BCUT2D eigenvalue weighted by molar-refractivity contribution is 0.0975. The highest BCUT2D eigenvalue weighted by Crippen LogP contribution is 2.13. The molecule has 3 heteroatoms. The van der Waals surface area contributed by atoms with Crippen molar-refractivity contribution in [2.24, 2.45) is 0 Å². The Bertz CT molecular complexity index is 355. The van der Waals surface area contributed by atoms with Gasteiger partial charge in [0.05, 0.1) is 7.11 Å². The highest BCUT2D eigenvalue weighted by atomic mass is 16.5. The first-order chi connectivity index (χ1) is 8.71. The number of carbonyl (C=O) groups excluding carboxylic acids is 1. The maximum absolute atomic E-state index is 11.9. The van der Waals surface area contributed by atoms with Crippen LogP contribution >= 0.6 is 0 Å². The summed E-state index contributed by atoms with van der Waals surface area (Å²) in [6.45, 7) is 7.39. The van der Waals surface area contributed by atoms with Crippen LogP contribution in [0.4, 0.5) is 0 Å². The summed E-state index contributed by atoms with van der Waals surface area (Å²) in [5.41, 5.74) is 0.773. The van der Waals surface area contributed by atoms with E-state index < -0.39 is 0 Å². The van der Waals surface area contributed by atoms with Crippen LogP contribution in [0.25, 0.3) is 0 Å². The van der Waals surface area contributed by atoms with Gasteiger partial charge in [-0.1, -0.05) is 13.8 Å². The summed E-state index contributed by atoms with van der Waals surface area (Å²) in [4.78, 5) is 14.3. The van der Waals surface area contributed by atoms with Crippen molar-refractivity contribution >= 4 is 5.78 Å². The predicted octanol–water partition coefficient (Wildman–Crippen LogP) is 3.00. The third-order valence-corrected chi connectivity index (χ3v) is 3.18. The lowest BCUT2D eigenvalue weighted by Gasteiger charge is -2.17. The van der Waals surface area contributed by atoms with E-state index in [0.29, 0.717) is 6.42 Å². The minimum atomic E-state index is 0.213. The number of rotatable bonds is 8. The van der Waals surface area contributed by atoms with Crippen molar-refractivity contribution in [2.75, 3.05) is 26.7 Å². The maximum Gasteiger partial charge on any atom is 0.162 e. The SMILES string of the molecule is CCN(CC)CCCC(=O)c1ccc(OC)cc1. The van der Waals surface area contributed by atoms with Crippen LogP contribution in [0.5, 0.6) is 5.75 Å². The predicted molar refractivity (Wildman–Crippen MR) is 74.3 cm³/mol. The van der Waals surface area contributed by atoms with Gasteiger partial charge in [-0.2, -0.15) is 0 Å². The molecule has 1 rings (SSSR count). The number of nitrogens with zero attached hydrogens (tertiary/aromatic N) is 1. The molecule has 0 unspecified atom stereocenters. The second-order valence-corrected chi connectivity index (χ2v) is 4.28. The molecule has 1 aromatic rings. The van der Waals surface area contributed by atoms with Crippen LogP contribution in [0.2, 0.25) is 0 Å². The average molecular weight is 249 g/mol. The van der Waals surface area contributed by atoms with E-state index in [1.165, 1.54) is 0 Å². The molecule has 0 aliphatic rings. The minimum Gasteiger partial charge on any atom is -0.497 e. The molecule has 0 heterocycles. The van der Waals surface area contributed by atoms with Crippen molar-refractivity contribution < 1.29 is 9.53 Å². The molecule has 0 aliphatic carbocycles. The standard InChI is InChI=1S/C15H23NO2/c1-4-16(5-2)12-6-7-15(17)13-8-10-14(18-3)11-9-13/h8-11H,4-7,12H2,1-3H3. The Hall–Kier alpha value is -1.35. The summed E-state index contributed by atoms with van der Waals surface area (Å²) in [5, 5.41) is 0. The van der Waals surface area contributed by atoms with E-state index in [4.69, 9.17) is 4.74 Å². The molecule has 18 heavy (non-hydrogen) atoms.